The van der Waals surface area contributed by atoms with Gasteiger partial charge in [-0.2, -0.15) is 0 Å². The topological polar surface area (TPSA) is 26.3 Å². The number of hydrogen-bond donors (Lipinski definition) is 0. The van der Waals surface area contributed by atoms with Gasteiger partial charge in [0, 0.05) is 5.75 Å². The van der Waals surface area contributed by atoms with E-state index in [0.717, 1.165) is 12.2 Å². The van der Waals surface area contributed by atoms with Crippen LogP contribution in [0, 0.1) is 17.8 Å². The zero-order valence-corrected chi connectivity index (χ0v) is 16.5. The summed E-state index contributed by atoms with van der Waals surface area (Å²) in [6.07, 6.45) is 18.4. The van der Waals surface area contributed by atoms with E-state index in [1.54, 1.807) is 11.8 Å². The number of thioether (sulfide) groups is 1. The lowest BCUT2D eigenvalue weighted by molar-refractivity contribution is -0.153. The summed E-state index contributed by atoms with van der Waals surface area (Å²) in [5.74, 6) is 3.36. The monoisotopic (exact) mass is 358 g/mol. The van der Waals surface area contributed by atoms with E-state index in [2.05, 4.69) is 36.5 Å². The van der Waals surface area contributed by atoms with Crippen molar-refractivity contribution >= 4 is 17.7 Å². The molecular formula is C22H30O2S. The van der Waals surface area contributed by atoms with Gasteiger partial charge in [0.05, 0.1) is 5.75 Å². The van der Waals surface area contributed by atoms with E-state index < -0.39 is 0 Å². The molecule has 0 N–H and O–H groups in total. The molecule has 136 valence electrons. The van der Waals surface area contributed by atoms with Crippen molar-refractivity contribution in [1.82, 2.24) is 0 Å². The van der Waals surface area contributed by atoms with Crippen LogP contribution in [-0.2, 0) is 9.53 Å². The minimum Gasteiger partial charge on any atom is -0.459 e. The normalized spacial score (nSPS) is 27.9. The molecule has 0 bridgehead atoms. The molecule has 0 saturated carbocycles. The van der Waals surface area contributed by atoms with Gasteiger partial charge in [0.1, 0.15) is 5.60 Å². The molecule has 2 nitrogen and oxygen atoms in total. The van der Waals surface area contributed by atoms with Crippen LogP contribution in [0.15, 0.2) is 47.6 Å². The Morgan fingerprint density at radius 1 is 1.28 bits per heavy atom. The first kappa shape index (κ1) is 18.6. The maximum atomic E-state index is 12.0. The molecule has 0 aromatic heterocycles. The summed E-state index contributed by atoms with van der Waals surface area (Å²) < 4.78 is 5.52. The predicted octanol–water partition coefficient (Wildman–Crippen LogP) is 5.48. The smallest absolute Gasteiger partial charge is 0.316 e. The highest BCUT2D eigenvalue weighted by molar-refractivity contribution is 7.99. The van der Waals surface area contributed by atoms with E-state index in [9.17, 15) is 4.79 Å². The van der Waals surface area contributed by atoms with Crippen molar-refractivity contribution in [3.8, 4) is 0 Å². The molecule has 0 spiro atoms. The van der Waals surface area contributed by atoms with Gasteiger partial charge in [-0.15, -0.1) is 11.8 Å². The first-order chi connectivity index (χ1) is 12.0. The first-order valence-corrected chi connectivity index (χ1v) is 10.7. The fourth-order valence-electron chi connectivity index (χ4n) is 3.82. The fraction of sp³-hybridized carbons (Fsp3) is 0.591. The SMILES string of the molecule is CCC(C)(C)OC(=O)CSC[C@H]1C=CC2=CC3=CC=CCC3C[C@@H]2C1. The standard InChI is InChI=1S/C22H30O2S/c1-4-22(2,3)24-21(23)15-25-14-16-9-10-19-12-17-7-5-6-8-18(17)13-20(19)11-16/h5-7,9-10,12,16,18,20H,4,8,11,13-15H2,1-3H3/t16-,18?,20-/m0/s1. The zero-order chi connectivity index (χ0) is 17.9. The molecular weight excluding hydrogens is 328 g/mol. The van der Waals surface area contributed by atoms with E-state index in [1.807, 2.05) is 20.8 Å². The molecule has 0 radical (unpaired) electrons. The molecule has 3 aliphatic rings. The number of fused-ring (bicyclic) bond motifs is 2. The van der Waals surface area contributed by atoms with Crippen LogP contribution in [0.3, 0.4) is 0 Å². The van der Waals surface area contributed by atoms with E-state index >= 15 is 0 Å². The quantitative estimate of drug-likeness (QED) is 0.588. The van der Waals surface area contributed by atoms with Crippen LogP contribution in [0.5, 0.6) is 0 Å². The molecule has 3 atom stereocenters. The van der Waals surface area contributed by atoms with Gasteiger partial charge >= 0.3 is 5.97 Å². The molecule has 0 amide bonds. The number of allylic oxidation sites excluding steroid dienone is 8. The van der Waals surface area contributed by atoms with Crippen LogP contribution in [0.1, 0.15) is 46.5 Å². The van der Waals surface area contributed by atoms with Gasteiger partial charge in [-0.25, -0.2) is 0 Å². The van der Waals surface area contributed by atoms with Crippen LogP contribution >= 0.6 is 11.8 Å². The van der Waals surface area contributed by atoms with Crippen molar-refractivity contribution in [3.63, 3.8) is 0 Å². The molecule has 3 rings (SSSR count). The zero-order valence-electron chi connectivity index (χ0n) is 15.7. The highest BCUT2D eigenvalue weighted by atomic mass is 32.2. The van der Waals surface area contributed by atoms with Crippen LogP contribution in [0.25, 0.3) is 0 Å². The maximum Gasteiger partial charge on any atom is 0.316 e. The Bertz CT molecular complexity index is 624. The van der Waals surface area contributed by atoms with Gasteiger partial charge < -0.3 is 4.74 Å². The van der Waals surface area contributed by atoms with Crippen LogP contribution in [0.2, 0.25) is 0 Å². The Balaban J connectivity index is 1.48. The average molecular weight is 359 g/mol. The molecule has 0 aliphatic heterocycles. The molecule has 1 unspecified atom stereocenters. The van der Waals surface area contributed by atoms with Crippen molar-refractivity contribution in [2.75, 3.05) is 11.5 Å². The van der Waals surface area contributed by atoms with Gasteiger partial charge in [0.15, 0.2) is 0 Å². The summed E-state index contributed by atoms with van der Waals surface area (Å²) >= 11 is 1.71. The van der Waals surface area contributed by atoms with Gasteiger partial charge in [0.2, 0.25) is 0 Å². The second kappa shape index (κ2) is 7.99. The Morgan fingerprint density at radius 3 is 2.92 bits per heavy atom. The van der Waals surface area contributed by atoms with Crippen LogP contribution < -0.4 is 0 Å². The number of ether oxygens (including phenoxy) is 1. The highest BCUT2D eigenvalue weighted by Gasteiger charge is 2.30. The summed E-state index contributed by atoms with van der Waals surface area (Å²) in [6, 6.07) is 0. The lowest BCUT2D eigenvalue weighted by Crippen LogP contribution is -2.28. The molecule has 0 aromatic carbocycles. The van der Waals surface area contributed by atoms with Gasteiger partial charge in [0.25, 0.3) is 0 Å². The Labute approximate surface area is 156 Å². The second-order valence-corrected chi connectivity index (χ2v) is 9.09. The predicted molar refractivity (Wildman–Crippen MR) is 107 cm³/mol. The third kappa shape index (κ3) is 4.91. The third-order valence-corrected chi connectivity index (χ3v) is 6.74. The highest BCUT2D eigenvalue weighted by Crippen LogP contribution is 2.42. The van der Waals surface area contributed by atoms with E-state index in [1.165, 1.54) is 30.4 Å². The number of carbonyl (C=O) groups excluding carboxylic acids is 1. The summed E-state index contributed by atoms with van der Waals surface area (Å²) in [7, 11) is 0. The molecule has 3 aliphatic carbocycles. The molecule has 3 heteroatoms. The molecule has 0 aromatic rings. The lowest BCUT2D eigenvalue weighted by atomic mass is 9.70. The second-order valence-electron chi connectivity index (χ2n) is 8.06. The van der Waals surface area contributed by atoms with E-state index in [4.69, 9.17) is 4.74 Å². The minimum atomic E-state index is -0.343. The number of carbonyl (C=O) groups is 1. The third-order valence-electron chi connectivity index (χ3n) is 5.63. The largest absolute Gasteiger partial charge is 0.459 e. The van der Waals surface area contributed by atoms with E-state index in [0.29, 0.717) is 23.5 Å². The van der Waals surface area contributed by atoms with Crippen LogP contribution in [0.4, 0.5) is 0 Å². The van der Waals surface area contributed by atoms with Crippen molar-refractivity contribution in [2.24, 2.45) is 17.8 Å². The average Bonchev–Trinajstić information content (AvgIpc) is 2.59. The molecule has 0 saturated heterocycles. The molecule has 0 fully saturated rings. The Hall–Kier alpha value is -1.22. The number of esters is 1. The summed E-state index contributed by atoms with van der Waals surface area (Å²) in [5, 5.41) is 0. The summed E-state index contributed by atoms with van der Waals surface area (Å²) in [4.78, 5) is 12.0. The van der Waals surface area contributed by atoms with Crippen molar-refractivity contribution in [1.29, 1.82) is 0 Å². The van der Waals surface area contributed by atoms with Gasteiger partial charge in [-0.05, 0) is 68.4 Å². The van der Waals surface area contributed by atoms with Crippen molar-refractivity contribution in [2.45, 2.75) is 52.1 Å². The van der Waals surface area contributed by atoms with Crippen LogP contribution in [-0.4, -0.2) is 23.1 Å². The number of hydrogen-bond acceptors (Lipinski definition) is 3. The van der Waals surface area contributed by atoms with Crippen molar-refractivity contribution < 1.29 is 9.53 Å². The lowest BCUT2D eigenvalue weighted by Gasteiger charge is -2.35. The minimum absolute atomic E-state index is 0.0846. The van der Waals surface area contributed by atoms with Crippen molar-refractivity contribution in [3.05, 3.63) is 47.6 Å². The fourth-order valence-corrected chi connectivity index (χ4v) is 4.71. The van der Waals surface area contributed by atoms with Gasteiger partial charge in [-0.1, -0.05) is 43.4 Å². The summed E-state index contributed by atoms with van der Waals surface area (Å²) in [6.45, 7) is 5.99. The first-order valence-electron chi connectivity index (χ1n) is 9.53. The van der Waals surface area contributed by atoms with E-state index in [-0.39, 0.29) is 11.6 Å². The van der Waals surface area contributed by atoms with Gasteiger partial charge in [-0.3, -0.25) is 4.79 Å². The Kier molecular flexibility index (Phi) is 5.93. The molecule has 0 heterocycles. The molecule has 25 heavy (non-hydrogen) atoms. The Morgan fingerprint density at radius 2 is 2.12 bits per heavy atom. The summed E-state index contributed by atoms with van der Waals surface area (Å²) in [5.41, 5.74) is 2.67. The maximum absolute atomic E-state index is 12.0. The number of rotatable bonds is 6.